The Morgan fingerprint density at radius 3 is 3.08 bits per heavy atom. The molecule has 0 aromatic heterocycles. The Morgan fingerprint density at radius 2 is 2.46 bits per heavy atom. The van der Waals surface area contributed by atoms with E-state index in [0.717, 1.165) is 29.9 Å². The van der Waals surface area contributed by atoms with Crippen LogP contribution in [0, 0.1) is 0 Å². The molecule has 0 heterocycles. The van der Waals surface area contributed by atoms with Crippen molar-refractivity contribution in [2.45, 2.75) is 26.2 Å². The van der Waals surface area contributed by atoms with E-state index >= 15 is 0 Å². The normalized spacial score (nSPS) is 15.6. The van der Waals surface area contributed by atoms with Crippen LogP contribution in [0.25, 0.3) is 0 Å². The van der Waals surface area contributed by atoms with Crippen LogP contribution in [0.15, 0.2) is 23.8 Å². The summed E-state index contributed by atoms with van der Waals surface area (Å²) in [6.07, 6.45) is 8.73. The minimum absolute atomic E-state index is 0.338. The number of carbonyl (C=O) groups is 1. The highest BCUT2D eigenvalue weighted by Gasteiger charge is 2.09. The largest absolute Gasteiger partial charge is 0.295 e. The molecule has 13 heavy (non-hydrogen) atoms. The Labute approximate surface area is 84.3 Å². The van der Waals surface area contributed by atoms with Crippen molar-refractivity contribution in [1.82, 2.24) is 0 Å². The number of hydrogen-bond donors (Lipinski definition) is 0. The molecule has 0 saturated heterocycles. The summed E-state index contributed by atoms with van der Waals surface area (Å²) in [5.74, 6) is 2.41. The van der Waals surface area contributed by atoms with Gasteiger partial charge in [-0.15, -0.1) is 0 Å². The van der Waals surface area contributed by atoms with Gasteiger partial charge in [0.15, 0.2) is 5.78 Å². The highest BCUT2D eigenvalue weighted by molar-refractivity contribution is 7.99. The van der Waals surface area contributed by atoms with Crippen molar-refractivity contribution in [3.63, 3.8) is 0 Å². The Balaban J connectivity index is 2.30. The van der Waals surface area contributed by atoms with Gasteiger partial charge in [-0.1, -0.05) is 25.2 Å². The van der Waals surface area contributed by atoms with Gasteiger partial charge < -0.3 is 0 Å². The summed E-state index contributed by atoms with van der Waals surface area (Å²) < 4.78 is 0. The van der Waals surface area contributed by atoms with Crippen LogP contribution in [0.4, 0.5) is 0 Å². The third kappa shape index (κ3) is 3.81. The van der Waals surface area contributed by atoms with Gasteiger partial charge in [-0.3, -0.25) is 4.79 Å². The van der Waals surface area contributed by atoms with Gasteiger partial charge in [0.1, 0.15) is 0 Å². The van der Waals surface area contributed by atoms with Crippen LogP contribution >= 0.6 is 11.8 Å². The van der Waals surface area contributed by atoms with Crippen LogP contribution in [0.5, 0.6) is 0 Å². The summed E-state index contributed by atoms with van der Waals surface area (Å²) >= 11 is 1.83. The average molecular weight is 196 g/mol. The molecule has 0 fully saturated rings. The first kappa shape index (κ1) is 10.6. The minimum atomic E-state index is 0.338. The molecule has 0 unspecified atom stereocenters. The lowest BCUT2D eigenvalue weighted by Crippen LogP contribution is -2.05. The van der Waals surface area contributed by atoms with Gasteiger partial charge in [0.2, 0.25) is 0 Å². The molecule has 1 rings (SSSR count). The molecule has 0 bridgehead atoms. The first-order valence-electron chi connectivity index (χ1n) is 4.81. The van der Waals surface area contributed by atoms with Crippen molar-refractivity contribution in [3.8, 4) is 0 Å². The summed E-state index contributed by atoms with van der Waals surface area (Å²) in [4.78, 5) is 11.6. The Hall–Kier alpha value is -0.500. The topological polar surface area (TPSA) is 17.1 Å². The summed E-state index contributed by atoms with van der Waals surface area (Å²) in [5, 5.41) is 0. The van der Waals surface area contributed by atoms with Gasteiger partial charge in [0.05, 0.1) is 0 Å². The van der Waals surface area contributed by atoms with E-state index in [1.165, 1.54) is 0 Å². The zero-order chi connectivity index (χ0) is 9.52. The molecule has 0 radical (unpaired) electrons. The second-order valence-electron chi connectivity index (χ2n) is 3.03. The maximum absolute atomic E-state index is 11.6. The Kier molecular flexibility index (Phi) is 4.91. The van der Waals surface area contributed by atoms with E-state index < -0.39 is 0 Å². The van der Waals surface area contributed by atoms with Gasteiger partial charge in [-0.2, -0.15) is 11.8 Å². The Morgan fingerprint density at radius 1 is 1.62 bits per heavy atom. The Bertz CT molecular complexity index is 228. The second kappa shape index (κ2) is 6.03. The van der Waals surface area contributed by atoms with Crippen molar-refractivity contribution >= 4 is 17.5 Å². The van der Waals surface area contributed by atoms with Crippen LogP contribution in [0.3, 0.4) is 0 Å². The summed E-state index contributed by atoms with van der Waals surface area (Å²) in [6.45, 7) is 2.12. The third-order valence-corrected chi connectivity index (χ3v) is 2.95. The molecular weight excluding hydrogens is 180 g/mol. The van der Waals surface area contributed by atoms with Gasteiger partial charge in [0, 0.05) is 12.2 Å². The molecule has 0 amide bonds. The molecule has 0 spiro atoms. The molecule has 1 nitrogen and oxygen atoms in total. The number of Topliss-reactive ketones (excluding diaryl/α,β-unsaturated/α-hetero) is 1. The van der Waals surface area contributed by atoms with E-state index in [-0.39, 0.29) is 0 Å². The minimum Gasteiger partial charge on any atom is -0.295 e. The molecule has 0 N–H and O–H groups in total. The smallest absolute Gasteiger partial charge is 0.159 e. The van der Waals surface area contributed by atoms with Gasteiger partial charge >= 0.3 is 0 Å². The fourth-order valence-electron chi connectivity index (χ4n) is 1.30. The first-order valence-corrected chi connectivity index (χ1v) is 5.96. The van der Waals surface area contributed by atoms with Crippen molar-refractivity contribution < 1.29 is 4.79 Å². The van der Waals surface area contributed by atoms with Crippen LogP contribution in [-0.2, 0) is 4.79 Å². The summed E-state index contributed by atoms with van der Waals surface area (Å²) in [6, 6.07) is 0. The van der Waals surface area contributed by atoms with Gasteiger partial charge in [-0.05, 0) is 24.2 Å². The zero-order valence-electron chi connectivity index (χ0n) is 8.08. The highest BCUT2D eigenvalue weighted by Crippen LogP contribution is 2.15. The number of carbonyl (C=O) groups excluding carboxylic acids is 1. The van der Waals surface area contributed by atoms with Gasteiger partial charge in [0.25, 0.3) is 0 Å². The monoisotopic (exact) mass is 196 g/mol. The fraction of sp³-hybridized carbons (Fsp3) is 0.545. The lowest BCUT2D eigenvalue weighted by atomic mass is 10.00. The predicted octanol–water partition coefficient (Wildman–Crippen LogP) is 2.98. The zero-order valence-corrected chi connectivity index (χ0v) is 8.90. The fourth-order valence-corrected chi connectivity index (χ4v) is 1.92. The van der Waals surface area contributed by atoms with E-state index in [0.29, 0.717) is 12.2 Å². The number of allylic oxidation sites excluding steroid dienone is 4. The maximum atomic E-state index is 11.6. The standard InChI is InChI=1S/C11H16OS/c1-2-13-9-8-11(12)10-6-4-3-5-7-10/h3-4,6H,2,5,7-9H2,1H3. The van der Waals surface area contributed by atoms with E-state index in [2.05, 4.69) is 13.0 Å². The van der Waals surface area contributed by atoms with Crippen molar-refractivity contribution in [1.29, 1.82) is 0 Å². The summed E-state index contributed by atoms with van der Waals surface area (Å²) in [7, 11) is 0. The highest BCUT2D eigenvalue weighted by atomic mass is 32.2. The molecule has 0 aromatic rings. The lowest BCUT2D eigenvalue weighted by molar-refractivity contribution is -0.115. The average Bonchev–Trinajstić information content (AvgIpc) is 2.19. The van der Waals surface area contributed by atoms with Crippen molar-refractivity contribution in [2.24, 2.45) is 0 Å². The van der Waals surface area contributed by atoms with Crippen LogP contribution < -0.4 is 0 Å². The van der Waals surface area contributed by atoms with E-state index in [1.54, 1.807) is 0 Å². The molecule has 2 heteroatoms. The first-order chi connectivity index (χ1) is 6.34. The van der Waals surface area contributed by atoms with E-state index in [4.69, 9.17) is 0 Å². The van der Waals surface area contributed by atoms with Crippen molar-refractivity contribution in [2.75, 3.05) is 11.5 Å². The molecule has 1 aliphatic rings. The second-order valence-corrected chi connectivity index (χ2v) is 4.42. The molecule has 72 valence electrons. The lowest BCUT2D eigenvalue weighted by Gasteiger charge is -2.06. The predicted molar refractivity (Wildman–Crippen MR) is 59.1 cm³/mol. The maximum Gasteiger partial charge on any atom is 0.159 e. The quantitative estimate of drug-likeness (QED) is 0.629. The number of thioether (sulfide) groups is 1. The third-order valence-electron chi connectivity index (χ3n) is 2.05. The van der Waals surface area contributed by atoms with Crippen LogP contribution in [0.1, 0.15) is 26.2 Å². The SMILES string of the molecule is CCSCCC(=O)C1=CC=CCC1. The van der Waals surface area contributed by atoms with E-state index in [1.807, 2.05) is 23.9 Å². The van der Waals surface area contributed by atoms with Crippen molar-refractivity contribution in [3.05, 3.63) is 23.8 Å². The van der Waals surface area contributed by atoms with E-state index in [9.17, 15) is 4.79 Å². The molecule has 0 aliphatic heterocycles. The molecule has 0 saturated carbocycles. The molecule has 1 aliphatic carbocycles. The number of rotatable bonds is 5. The number of ketones is 1. The molecule has 0 atom stereocenters. The van der Waals surface area contributed by atoms with Crippen LogP contribution in [-0.4, -0.2) is 17.3 Å². The molecular formula is C11H16OS. The number of hydrogen-bond acceptors (Lipinski definition) is 2. The summed E-state index contributed by atoms with van der Waals surface area (Å²) in [5.41, 5.74) is 1.01. The molecule has 0 aromatic carbocycles. The van der Waals surface area contributed by atoms with Crippen LogP contribution in [0.2, 0.25) is 0 Å². The van der Waals surface area contributed by atoms with Gasteiger partial charge in [-0.25, -0.2) is 0 Å².